The smallest absolute Gasteiger partial charge is 0.251 e. The molecular weight excluding hydrogens is 304 g/mol. The molecule has 0 saturated carbocycles. The van der Waals surface area contributed by atoms with E-state index in [-0.39, 0.29) is 5.91 Å². The molecule has 126 valence electrons. The number of aromatic nitrogens is 2. The zero-order valence-electron chi connectivity index (χ0n) is 13.6. The summed E-state index contributed by atoms with van der Waals surface area (Å²) in [6.45, 7) is 5.24. The van der Waals surface area contributed by atoms with Crippen LogP contribution in [0, 0.1) is 0 Å². The van der Waals surface area contributed by atoms with Crippen LogP contribution in [0.1, 0.15) is 16.8 Å². The maximum absolute atomic E-state index is 12.3. The van der Waals surface area contributed by atoms with Crippen LogP contribution in [0.5, 0.6) is 0 Å². The Hall–Kier alpha value is -2.31. The van der Waals surface area contributed by atoms with Gasteiger partial charge in [-0.1, -0.05) is 12.1 Å². The van der Waals surface area contributed by atoms with Crippen molar-refractivity contribution in [2.75, 3.05) is 39.4 Å². The Labute approximate surface area is 141 Å². The van der Waals surface area contributed by atoms with Gasteiger partial charge in [0, 0.05) is 43.2 Å². The Morgan fingerprint density at radius 1 is 1.17 bits per heavy atom. The number of morpholine rings is 1. The number of nitrogens with one attached hydrogen (secondary N) is 1. The highest BCUT2D eigenvalue weighted by Gasteiger charge is 2.10. The van der Waals surface area contributed by atoms with E-state index < -0.39 is 0 Å². The molecule has 2 heterocycles. The number of rotatable bonds is 6. The van der Waals surface area contributed by atoms with E-state index in [1.165, 1.54) is 6.33 Å². The summed E-state index contributed by atoms with van der Waals surface area (Å²) in [6.07, 6.45) is 5.92. The molecule has 6 heteroatoms. The van der Waals surface area contributed by atoms with Gasteiger partial charge >= 0.3 is 0 Å². The molecule has 3 rings (SSSR count). The number of nitrogens with zero attached hydrogens (tertiary/aromatic N) is 3. The molecule has 1 aromatic carbocycles. The van der Waals surface area contributed by atoms with Gasteiger partial charge in [-0.2, -0.15) is 0 Å². The van der Waals surface area contributed by atoms with Crippen molar-refractivity contribution in [1.29, 1.82) is 0 Å². The van der Waals surface area contributed by atoms with Crippen molar-refractivity contribution in [2.24, 2.45) is 0 Å². The monoisotopic (exact) mass is 326 g/mol. The van der Waals surface area contributed by atoms with Crippen LogP contribution in [-0.4, -0.2) is 60.2 Å². The third-order valence-corrected chi connectivity index (χ3v) is 4.06. The van der Waals surface area contributed by atoms with Crippen LogP contribution >= 0.6 is 0 Å². The maximum atomic E-state index is 12.3. The SMILES string of the molecule is O=C(NCCCN1CCOCC1)c1cccc(-c2cncnc2)c1. The molecule has 2 aromatic rings. The lowest BCUT2D eigenvalue weighted by Crippen LogP contribution is -2.38. The predicted octanol–water partition coefficient (Wildman–Crippen LogP) is 1.60. The van der Waals surface area contributed by atoms with Crippen LogP contribution in [0.15, 0.2) is 43.0 Å². The lowest BCUT2D eigenvalue weighted by atomic mass is 10.1. The van der Waals surface area contributed by atoms with E-state index in [0.29, 0.717) is 12.1 Å². The van der Waals surface area contributed by atoms with E-state index >= 15 is 0 Å². The molecule has 0 unspecified atom stereocenters. The standard InChI is InChI=1S/C18H22N4O2/c23-18(21-5-2-6-22-7-9-24-10-8-22)16-4-1-3-15(11-16)17-12-19-14-20-13-17/h1,3-4,11-14H,2,5-10H2,(H,21,23). The Morgan fingerprint density at radius 3 is 2.75 bits per heavy atom. The van der Waals surface area contributed by atoms with Crippen LogP contribution in [0.4, 0.5) is 0 Å². The Bertz CT molecular complexity index is 657. The van der Waals surface area contributed by atoms with Crippen molar-refractivity contribution in [3.63, 3.8) is 0 Å². The minimum atomic E-state index is -0.0457. The van der Waals surface area contributed by atoms with Crippen LogP contribution in [0.2, 0.25) is 0 Å². The first-order valence-electron chi connectivity index (χ1n) is 8.27. The summed E-state index contributed by atoms with van der Waals surface area (Å²) in [5.74, 6) is -0.0457. The largest absolute Gasteiger partial charge is 0.379 e. The molecule has 1 aliphatic rings. The van der Waals surface area contributed by atoms with Crippen LogP contribution in [0.25, 0.3) is 11.1 Å². The molecule has 1 fully saturated rings. The minimum absolute atomic E-state index is 0.0457. The molecule has 0 atom stereocenters. The zero-order chi connectivity index (χ0) is 16.6. The molecule has 0 bridgehead atoms. The van der Waals surface area contributed by atoms with Crippen molar-refractivity contribution in [2.45, 2.75) is 6.42 Å². The molecule has 0 aliphatic carbocycles. The molecule has 1 aromatic heterocycles. The average Bonchev–Trinajstić information content (AvgIpc) is 2.67. The second kappa shape index (κ2) is 8.52. The molecule has 24 heavy (non-hydrogen) atoms. The van der Waals surface area contributed by atoms with E-state index in [0.717, 1.165) is 50.4 Å². The highest BCUT2D eigenvalue weighted by molar-refractivity contribution is 5.95. The summed E-state index contributed by atoms with van der Waals surface area (Å²) < 4.78 is 5.33. The normalized spacial score (nSPS) is 15.2. The second-order valence-electron chi connectivity index (χ2n) is 5.77. The first-order chi connectivity index (χ1) is 11.8. The van der Waals surface area contributed by atoms with Gasteiger partial charge in [0.1, 0.15) is 6.33 Å². The minimum Gasteiger partial charge on any atom is -0.379 e. The van der Waals surface area contributed by atoms with Crippen LogP contribution < -0.4 is 5.32 Å². The highest BCUT2D eigenvalue weighted by Crippen LogP contribution is 2.18. The van der Waals surface area contributed by atoms with Crippen molar-refractivity contribution in [3.8, 4) is 11.1 Å². The van der Waals surface area contributed by atoms with Crippen molar-refractivity contribution < 1.29 is 9.53 Å². The maximum Gasteiger partial charge on any atom is 0.251 e. The summed E-state index contributed by atoms with van der Waals surface area (Å²) in [6, 6.07) is 7.53. The summed E-state index contributed by atoms with van der Waals surface area (Å²) in [7, 11) is 0. The lowest BCUT2D eigenvalue weighted by Gasteiger charge is -2.26. The molecular formula is C18H22N4O2. The van der Waals surface area contributed by atoms with Gasteiger partial charge in [-0.3, -0.25) is 9.69 Å². The summed E-state index contributed by atoms with van der Waals surface area (Å²) in [5, 5.41) is 2.99. The van der Waals surface area contributed by atoms with Gasteiger partial charge in [0.2, 0.25) is 0 Å². The van der Waals surface area contributed by atoms with Crippen molar-refractivity contribution in [3.05, 3.63) is 48.5 Å². The molecule has 1 saturated heterocycles. The number of amides is 1. The predicted molar refractivity (Wildman–Crippen MR) is 91.7 cm³/mol. The number of hydrogen-bond acceptors (Lipinski definition) is 5. The Balaban J connectivity index is 1.50. The molecule has 1 N–H and O–H groups in total. The van der Waals surface area contributed by atoms with Gasteiger partial charge in [0.15, 0.2) is 0 Å². The third kappa shape index (κ3) is 4.59. The second-order valence-corrected chi connectivity index (χ2v) is 5.77. The molecule has 0 spiro atoms. The van der Waals surface area contributed by atoms with Gasteiger partial charge < -0.3 is 10.1 Å². The van der Waals surface area contributed by atoms with Crippen LogP contribution in [-0.2, 0) is 4.74 Å². The zero-order valence-corrected chi connectivity index (χ0v) is 13.6. The fraction of sp³-hybridized carbons (Fsp3) is 0.389. The van der Waals surface area contributed by atoms with Crippen molar-refractivity contribution >= 4 is 5.91 Å². The molecule has 6 nitrogen and oxygen atoms in total. The Kier molecular flexibility index (Phi) is 5.87. The third-order valence-electron chi connectivity index (χ3n) is 4.06. The molecule has 1 aliphatic heterocycles. The quantitative estimate of drug-likeness (QED) is 0.817. The number of carbonyl (C=O) groups excluding carboxylic acids is 1. The Morgan fingerprint density at radius 2 is 1.96 bits per heavy atom. The molecule has 0 radical (unpaired) electrons. The average molecular weight is 326 g/mol. The van der Waals surface area contributed by atoms with E-state index in [1.807, 2.05) is 24.3 Å². The van der Waals surface area contributed by atoms with E-state index in [4.69, 9.17) is 4.74 Å². The molecule has 1 amide bonds. The van der Waals surface area contributed by atoms with Crippen molar-refractivity contribution in [1.82, 2.24) is 20.2 Å². The highest BCUT2D eigenvalue weighted by atomic mass is 16.5. The van der Waals surface area contributed by atoms with Gasteiger partial charge in [-0.15, -0.1) is 0 Å². The fourth-order valence-electron chi connectivity index (χ4n) is 2.72. The van der Waals surface area contributed by atoms with E-state index in [2.05, 4.69) is 20.2 Å². The van der Waals surface area contributed by atoms with Crippen LogP contribution in [0.3, 0.4) is 0 Å². The summed E-state index contributed by atoms with van der Waals surface area (Å²) >= 11 is 0. The number of benzene rings is 1. The fourth-order valence-corrected chi connectivity index (χ4v) is 2.72. The number of hydrogen-bond donors (Lipinski definition) is 1. The lowest BCUT2D eigenvalue weighted by molar-refractivity contribution is 0.0374. The van der Waals surface area contributed by atoms with Gasteiger partial charge in [0.05, 0.1) is 13.2 Å². The topological polar surface area (TPSA) is 67.4 Å². The van der Waals surface area contributed by atoms with Gasteiger partial charge in [0.25, 0.3) is 5.91 Å². The summed E-state index contributed by atoms with van der Waals surface area (Å²) in [4.78, 5) is 22.7. The van der Waals surface area contributed by atoms with E-state index in [1.54, 1.807) is 12.4 Å². The van der Waals surface area contributed by atoms with E-state index in [9.17, 15) is 4.79 Å². The van der Waals surface area contributed by atoms with Gasteiger partial charge in [-0.05, 0) is 30.7 Å². The first kappa shape index (κ1) is 16.5. The number of carbonyl (C=O) groups is 1. The number of ether oxygens (including phenoxy) is 1. The first-order valence-corrected chi connectivity index (χ1v) is 8.27. The van der Waals surface area contributed by atoms with Gasteiger partial charge in [-0.25, -0.2) is 9.97 Å². The summed E-state index contributed by atoms with van der Waals surface area (Å²) in [5.41, 5.74) is 2.50.